The average Bonchev–Trinajstić information content (AvgIpc) is 2.99. The lowest BCUT2D eigenvalue weighted by Gasteiger charge is -2.08. The first-order valence-corrected chi connectivity index (χ1v) is 8.78. The van der Waals surface area contributed by atoms with Gasteiger partial charge in [-0.3, -0.25) is 14.3 Å². The number of nitriles is 2. The Morgan fingerprint density at radius 3 is 2.58 bits per heavy atom. The van der Waals surface area contributed by atoms with E-state index in [1.807, 2.05) is 49.4 Å². The number of para-hydroxylation sites is 1. The molecule has 6 heteroatoms. The fourth-order valence-electron chi connectivity index (χ4n) is 2.61. The smallest absolute Gasteiger partial charge is 0.267 e. The van der Waals surface area contributed by atoms with E-state index in [9.17, 15) is 15.3 Å². The van der Waals surface area contributed by atoms with Crippen LogP contribution in [0.2, 0.25) is 0 Å². The van der Waals surface area contributed by atoms with E-state index in [0.29, 0.717) is 20.6 Å². The molecule has 0 amide bonds. The molecule has 3 aromatic rings. The molecule has 0 bridgehead atoms. The largest absolute Gasteiger partial charge is 0.273 e. The highest BCUT2D eigenvalue weighted by atomic mass is 32.1. The van der Waals surface area contributed by atoms with Gasteiger partial charge in [-0.05, 0) is 36.3 Å². The molecule has 0 saturated carbocycles. The minimum atomic E-state index is -0.264. The lowest BCUT2D eigenvalue weighted by atomic mass is 10.1. The lowest BCUT2D eigenvalue weighted by Crippen LogP contribution is -2.31. The molecule has 126 valence electrons. The van der Waals surface area contributed by atoms with Crippen LogP contribution in [-0.4, -0.2) is 9.55 Å². The zero-order valence-electron chi connectivity index (χ0n) is 14.0. The summed E-state index contributed by atoms with van der Waals surface area (Å²) < 4.78 is 2.22. The maximum atomic E-state index is 13.1. The summed E-state index contributed by atoms with van der Waals surface area (Å²) in [4.78, 5) is 17.3. The topological polar surface area (TPSA) is 82.5 Å². The maximum Gasteiger partial charge on any atom is 0.273 e. The van der Waals surface area contributed by atoms with Crippen LogP contribution in [0.25, 0.3) is 17.3 Å². The molecule has 5 nitrogen and oxygen atoms in total. The van der Waals surface area contributed by atoms with Crippen molar-refractivity contribution in [2.24, 2.45) is 0 Å². The van der Waals surface area contributed by atoms with Gasteiger partial charge in [0.15, 0.2) is 5.57 Å². The Labute approximate surface area is 154 Å². The number of aryl methyl sites for hydroxylation is 1. The van der Waals surface area contributed by atoms with Crippen molar-refractivity contribution in [2.75, 3.05) is 0 Å². The zero-order valence-corrected chi connectivity index (χ0v) is 14.8. The third-order valence-electron chi connectivity index (χ3n) is 3.84. The number of nitrogens with zero attached hydrogens (tertiary/aromatic N) is 4. The molecule has 0 aliphatic carbocycles. The monoisotopic (exact) mass is 358 g/mol. The van der Waals surface area contributed by atoms with Crippen molar-refractivity contribution in [3.8, 4) is 17.8 Å². The number of rotatable bonds is 3. The Kier molecular flexibility index (Phi) is 5.07. The summed E-state index contributed by atoms with van der Waals surface area (Å²) in [5.41, 5.74) is 1.95. The van der Waals surface area contributed by atoms with Gasteiger partial charge in [0.05, 0.1) is 15.9 Å². The van der Waals surface area contributed by atoms with Crippen LogP contribution >= 0.6 is 11.3 Å². The quantitative estimate of drug-likeness (QED) is 0.716. The molecule has 0 N–H and O–H groups in total. The summed E-state index contributed by atoms with van der Waals surface area (Å²) in [7, 11) is 0. The lowest BCUT2D eigenvalue weighted by molar-refractivity contribution is 0.953. The Morgan fingerprint density at radius 1 is 1.19 bits per heavy atom. The second-order valence-corrected chi connectivity index (χ2v) is 6.42. The van der Waals surface area contributed by atoms with Crippen LogP contribution in [0.15, 0.2) is 53.5 Å². The van der Waals surface area contributed by atoms with Crippen molar-refractivity contribution >= 4 is 23.0 Å². The molecule has 3 rings (SSSR count). The second kappa shape index (κ2) is 7.60. The normalized spacial score (nSPS) is 11.0. The van der Waals surface area contributed by atoms with Gasteiger partial charge >= 0.3 is 0 Å². The molecule has 0 aliphatic heterocycles. The zero-order chi connectivity index (χ0) is 18.5. The third kappa shape index (κ3) is 3.19. The number of aromatic nitrogens is 2. The van der Waals surface area contributed by atoms with Crippen molar-refractivity contribution in [1.82, 2.24) is 9.55 Å². The van der Waals surface area contributed by atoms with Crippen molar-refractivity contribution in [3.63, 3.8) is 0 Å². The predicted molar refractivity (Wildman–Crippen MR) is 101 cm³/mol. The van der Waals surface area contributed by atoms with E-state index >= 15 is 0 Å². The molecule has 1 aromatic carbocycles. The molecule has 0 atom stereocenters. The molecule has 2 aromatic heterocycles. The van der Waals surface area contributed by atoms with E-state index in [1.54, 1.807) is 24.4 Å². The molecular weight excluding hydrogens is 344 g/mol. The van der Waals surface area contributed by atoms with E-state index in [1.165, 1.54) is 4.57 Å². The van der Waals surface area contributed by atoms with E-state index in [0.717, 1.165) is 23.3 Å². The Hall–Kier alpha value is -3.48. The van der Waals surface area contributed by atoms with Crippen LogP contribution in [0.5, 0.6) is 0 Å². The summed E-state index contributed by atoms with van der Waals surface area (Å²) in [6.45, 7) is 2.00. The summed E-state index contributed by atoms with van der Waals surface area (Å²) in [6.07, 6.45) is 4.05. The Balaban J connectivity index is 2.44. The minimum absolute atomic E-state index is 0.0846. The SMILES string of the molecule is CCc1ccccc1-n1c(=C(C#N)C#N)s/c(=C/c2ccccn2)c1=O. The average molecular weight is 358 g/mol. The first-order chi connectivity index (χ1) is 12.7. The van der Waals surface area contributed by atoms with Crippen LogP contribution < -0.4 is 14.8 Å². The molecule has 26 heavy (non-hydrogen) atoms. The van der Waals surface area contributed by atoms with E-state index in [2.05, 4.69) is 4.98 Å². The minimum Gasteiger partial charge on any atom is -0.267 e. The summed E-state index contributed by atoms with van der Waals surface area (Å²) in [6, 6.07) is 16.7. The van der Waals surface area contributed by atoms with Crippen molar-refractivity contribution in [2.45, 2.75) is 13.3 Å². The third-order valence-corrected chi connectivity index (χ3v) is 4.93. The summed E-state index contributed by atoms with van der Waals surface area (Å²) in [5, 5.41) is 18.7. The van der Waals surface area contributed by atoms with E-state index in [4.69, 9.17) is 0 Å². The molecule has 0 fully saturated rings. The highest BCUT2D eigenvalue weighted by Gasteiger charge is 2.13. The maximum absolute atomic E-state index is 13.1. The van der Waals surface area contributed by atoms with Crippen molar-refractivity contribution in [1.29, 1.82) is 10.5 Å². The standard InChI is InChI=1S/C20H14N4OS/c1-2-14-7-3-4-9-17(14)24-19(25)18(11-16-8-5-6-10-23-16)26-20(24)15(12-21)13-22/h3-11H,2H2,1H3/b18-11+. The van der Waals surface area contributed by atoms with Crippen molar-refractivity contribution < 1.29 is 0 Å². The molecule has 0 radical (unpaired) electrons. The van der Waals surface area contributed by atoms with Gasteiger partial charge < -0.3 is 0 Å². The molecule has 0 saturated heterocycles. The van der Waals surface area contributed by atoms with E-state index < -0.39 is 0 Å². The van der Waals surface area contributed by atoms with Crippen LogP contribution in [0.3, 0.4) is 0 Å². The van der Waals surface area contributed by atoms with Gasteiger partial charge in [0.1, 0.15) is 16.8 Å². The molecule has 0 spiro atoms. The van der Waals surface area contributed by atoms with Gasteiger partial charge in [0.2, 0.25) is 0 Å². The molecule has 2 heterocycles. The van der Waals surface area contributed by atoms with E-state index in [-0.39, 0.29) is 11.1 Å². The van der Waals surface area contributed by atoms with Crippen LogP contribution in [-0.2, 0) is 6.42 Å². The predicted octanol–water partition coefficient (Wildman–Crippen LogP) is 1.88. The van der Waals surface area contributed by atoms with Gasteiger partial charge in [0.25, 0.3) is 5.56 Å². The van der Waals surface area contributed by atoms with Crippen LogP contribution in [0, 0.1) is 22.7 Å². The Bertz CT molecular complexity index is 1190. The van der Waals surface area contributed by atoms with Gasteiger partial charge in [0, 0.05) is 6.20 Å². The molecule has 0 unspecified atom stereocenters. The van der Waals surface area contributed by atoms with Crippen molar-refractivity contribution in [3.05, 3.63) is 79.5 Å². The summed E-state index contributed by atoms with van der Waals surface area (Å²) in [5.74, 6) is 0. The van der Waals surface area contributed by atoms with Crippen LogP contribution in [0.1, 0.15) is 18.2 Å². The number of benzene rings is 1. The fourth-order valence-corrected chi connectivity index (χ4v) is 3.65. The Morgan fingerprint density at radius 2 is 1.92 bits per heavy atom. The molecular formula is C20H14N4OS. The van der Waals surface area contributed by atoms with Gasteiger partial charge in [-0.1, -0.05) is 31.2 Å². The van der Waals surface area contributed by atoms with Gasteiger partial charge in [-0.25, -0.2) is 0 Å². The first kappa shape index (κ1) is 17.3. The fraction of sp³-hybridized carbons (Fsp3) is 0.100. The first-order valence-electron chi connectivity index (χ1n) is 7.97. The highest BCUT2D eigenvalue weighted by Crippen LogP contribution is 2.12. The van der Waals surface area contributed by atoms with Gasteiger partial charge in [-0.2, -0.15) is 10.5 Å². The number of thiazole rings is 1. The number of hydrogen-bond acceptors (Lipinski definition) is 5. The number of pyridine rings is 1. The van der Waals surface area contributed by atoms with Crippen LogP contribution in [0.4, 0.5) is 0 Å². The van der Waals surface area contributed by atoms with Gasteiger partial charge in [-0.15, -0.1) is 11.3 Å². The molecule has 0 aliphatic rings. The number of hydrogen-bond donors (Lipinski definition) is 0. The highest BCUT2D eigenvalue weighted by molar-refractivity contribution is 7.07. The summed E-state index contributed by atoms with van der Waals surface area (Å²) >= 11 is 1.13. The second-order valence-electron chi connectivity index (χ2n) is 5.39.